The second kappa shape index (κ2) is 29.4. The number of Topliss-reactive ketones (excluding diaryl/α,β-unsaturated/α-hetero) is 1. The summed E-state index contributed by atoms with van der Waals surface area (Å²) in [7, 11) is 3.23. The van der Waals surface area contributed by atoms with Gasteiger partial charge in [0.1, 0.15) is 12.9 Å². The largest absolute Gasteiger partial charge is 0.399 e. The normalized spacial score (nSPS) is 8.63. The summed E-state index contributed by atoms with van der Waals surface area (Å²) in [6.07, 6.45) is 11.7. The Hall–Kier alpha value is -1.78. The molecule has 0 aliphatic heterocycles. The topological polar surface area (TPSA) is 47.9 Å². The maximum Gasteiger partial charge on any atom is 0.126 e. The SMILES string of the molecule is C#CC(C)(C)C#C.CC(C)(C)C.CC(C)=O.CCC.COC(C)C.CON=C(C)C. The molecule has 0 aromatic heterocycles. The van der Waals surface area contributed by atoms with E-state index in [1.165, 1.54) is 27.4 Å². The van der Waals surface area contributed by atoms with Gasteiger partial charge in [0.25, 0.3) is 0 Å². The fourth-order valence-electron chi connectivity index (χ4n) is 0.224. The summed E-state index contributed by atoms with van der Waals surface area (Å²) >= 11 is 0. The highest BCUT2D eigenvalue weighted by Gasteiger charge is 2.05. The number of terminal acetylenes is 2. The standard InChI is InChI=1S/C7H8.C5H12.C4H9NO.C4H10O.C3H6O.C3H8/c1-5-7(3,4)6-2;1-5(2,3)4;1-4(2)5-6-3;1-4(2)5-3;1-3(2)4;1-3-2/h1-2H,3-4H3;1-4H3;1-3H3;4H,1-3H3;1-2H3;3H2,1-2H3. The molecule has 0 radical (unpaired) electrons. The van der Waals surface area contributed by atoms with Crippen LogP contribution in [0.5, 0.6) is 0 Å². The molecule has 0 spiro atoms. The van der Waals surface area contributed by atoms with Gasteiger partial charge in [-0.2, -0.15) is 0 Å². The van der Waals surface area contributed by atoms with Crippen LogP contribution in [0.3, 0.4) is 0 Å². The second-order valence-corrected chi connectivity index (χ2v) is 9.03. The highest BCUT2D eigenvalue weighted by Crippen LogP contribution is 2.08. The van der Waals surface area contributed by atoms with Crippen molar-refractivity contribution in [1.82, 2.24) is 0 Å². The van der Waals surface area contributed by atoms with E-state index in [-0.39, 0.29) is 11.2 Å². The van der Waals surface area contributed by atoms with E-state index in [0.29, 0.717) is 11.5 Å². The Bertz CT molecular complexity index is 426. The van der Waals surface area contributed by atoms with Crippen molar-refractivity contribution in [2.45, 2.75) is 109 Å². The molecule has 0 heterocycles. The predicted octanol–water partition coefficient (Wildman–Crippen LogP) is 7.41. The van der Waals surface area contributed by atoms with Crippen molar-refractivity contribution in [3.05, 3.63) is 0 Å². The van der Waals surface area contributed by atoms with Gasteiger partial charge >= 0.3 is 0 Å². The molecule has 0 aliphatic rings. The fourth-order valence-corrected chi connectivity index (χ4v) is 0.224. The van der Waals surface area contributed by atoms with Crippen LogP contribution in [-0.4, -0.2) is 31.8 Å². The average molecular weight is 428 g/mol. The first-order chi connectivity index (χ1) is 13.3. The quantitative estimate of drug-likeness (QED) is 0.262. The minimum atomic E-state index is -0.361. The summed E-state index contributed by atoms with van der Waals surface area (Å²) < 4.78 is 4.75. The van der Waals surface area contributed by atoms with Gasteiger partial charge < -0.3 is 14.4 Å². The second-order valence-electron chi connectivity index (χ2n) is 9.03. The number of carbonyl (C=O) groups excluding carboxylic acids is 1. The van der Waals surface area contributed by atoms with E-state index in [1.54, 1.807) is 7.11 Å². The molecule has 0 unspecified atom stereocenters. The molecule has 0 bridgehead atoms. The maximum atomic E-state index is 9.44. The average Bonchev–Trinajstić information content (AvgIpc) is 2.54. The molecular formula is C26H53NO3. The first kappa shape index (κ1) is 42.3. The zero-order chi connectivity index (χ0) is 26.0. The third-order valence-corrected chi connectivity index (χ3v) is 1.47. The number of nitrogens with zero attached hydrogens (tertiary/aromatic N) is 1. The van der Waals surface area contributed by atoms with Crippen molar-refractivity contribution in [1.29, 1.82) is 0 Å². The molecule has 180 valence electrons. The smallest absolute Gasteiger partial charge is 0.126 e. The molecule has 0 atom stereocenters. The Balaban J connectivity index is -0.0000000587. The lowest BCUT2D eigenvalue weighted by atomic mass is 9.97. The number of ether oxygens (including phenoxy) is 1. The summed E-state index contributed by atoms with van der Waals surface area (Å²) in [5.41, 5.74) is 1.08. The van der Waals surface area contributed by atoms with Gasteiger partial charge in [-0.3, -0.25) is 0 Å². The van der Waals surface area contributed by atoms with Crippen LogP contribution in [0, 0.1) is 35.5 Å². The molecule has 0 saturated carbocycles. The molecule has 0 aliphatic carbocycles. The summed E-state index contributed by atoms with van der Waals surface area (Å²) in [6, 6.07) is 0. The van der Waals surface area contributed by atoms with Gasteiger partial charge in [0.15, 0.2) is 0 Å². The first-order valence-electron chi connectivity index (χ1n) is 10.3. The zero-order valence-electron chi connectivity index (χ0n) is 23.1. The molecule has 0 aromatic rings. The monoisotopic (exact) mass is 427 g/mol. The molecule has 4 nitrogen and oxygen atoms in total. The van der Waals surface area contributed by atoms with Gasteiger partial charge in [0, 0.05) is 7.11 Å². The Morgan fingerprint density at radius 1 is 0.900 bits per heavy atom. The summed E-state index contributed by atoms with van der Waals surface area (Å²) in [5.74, 6) is 5.08. The highest BCUT2D eigenvalue weighted by molar-refractivity contribution is 5.78. The minimum absolute atomic E-state index is 0.167. The molecule has 0 amide bonds. The fraction of sp³-hybridized carbons (Fsp3) is 0.769. The van der Waals surface area contributed by atoms with Gasteiger partial charge in [0.2, 0.25) is 0 Å². The third-order valence-electron chi connectivity index (χ3n) is 1.47. The zero-order valence-corrected chi connectivity index (χ0v) is 23.1. The van der Waals surface area contributed by atoms with Crippen molar-refractivity contribution in [2.75, 3.05) is 14.2 Å². The van der Waals surface area contributed by atoms with Crippen LogP contribution in [0.4, 0.5) is 0 Å². The molecule has 0 fully saturated rings. The van der Waals surface area contributed by atoms with Gasteiger partial charge in [-0.15, -0.1) is 12.8 Å². The summed E-state index contributed by atoms with van der Waals surface area (Å²) in [5, 5.41) is 3.54. The third kappa shape index (κ3) is 196. The summed E-state index contributed by atoms with van der Waals surface area (Å²) in [4.78, 5) is 13.8. The van der Waals surface area contributed by atoms with Gasteiger partial charge in [-0.05, 0) is 60.8 Å². The van der Waals surface area contributed by atoms with Crippen molar-refractivity contribution >= 4 is 11.5 Å². The van der Waals surface area contributed by atoms with Crippen molar-refractivity contribution in [2.24, 2.45) is 16.0 Å². The van der Waals surface area contributed by atoms with E-state index in [4.69, 9.17) is 17.6 Å². The molecule has 0 saturated heterocycles. The number of hydrogen-bond acceptors (Lipinski definition) is 4. The molecule has 0 rings (SSSR count). The molecular weight excluding hydrogens is 374 g/mol. The highest BCUT2D eigenvalue weighted by atomic mass is 16.6. The number of oxime groups is 1. The number of rotatable bonds is 2. The van der Waals surface area contributed by atoms with E-state index < -0.39 is 0 Å². The van der Waals surface area contributed by atoms with Crippen LogP contribution in [0.25, 0.3) is 0 Å². The van der Waals surface area contributed by atoms with E-state index in [2.05, 4.69) is 63.4 Å². The van der Waals surface area contributed by atoms with Crippen LogP contribution in [0.2, 0.25) is 0 Å². The minimum Gasteiger partial charge on any atom is -0.399 e. The van der Waals surface area contributed by atoms with Gasteiger partial charge in [-0.25, -0.2) is 0 Å². The van der Waals surface area contributed by atoms with Crippen LogP contribution in [0.15, 0.2) is 5.16 Å². The molecule has 4 heteroatoms. The van der Waals surface area contributed by atoms with Crippen LogP contribution in [0.1, 0.15) is 103 Å². The summed E-state index contributed by atoms with van der Waals surface area (Å²) in [6.45, 7) is 27.5. The van der Waals surface area contributed by atoms with E-state index in [1.807, 2.05) is 41.5 Å². The lowest BCUT2D eigenvalue weighted by Crippen LogP contribution is -2.01. The van der Waals surface area contributed by atoms with Crippen LogP contribution >= 0.6 is 0 Å². The molecule has 30 heavy (non-hydrogen) atoms. The molecule has 0 aromatic carbocycles. The van der Waals surface area contributed by atoms with Crippen molar-refractivity contribution in [3.8, 4) is 24.7 Å². The van der Waals surface area contributed by atoms with Gasteiger partial charge in [-0.1, -0.05) is 65.0 Å². The number of carbonyl (C=O) groups is 1. The Morgan fingerprint density at radius 2 is 1.10 bits per heavy atom. The van der Waals surface area contributed by atoms with E-state index >= 15 is 0 Å². The number of hydrogen-bond donors (Lipinski definition) is 0. The van der Waals surface area contributed by atoms with Crippen LogP contribution in [-0.2, 0) is 14.4 Å². The van der Waals surface area contributed by atoms with E-state index in [0.717, 1.165) is 5.71 Å². The lowest BCUT2D eigenvalue weighted by Gasteiger charge is -2.05. The van der Waals surface area contributed by atoms with E-state index in [9.17, 15) is 4.79 Å². The Kier molecular flexibility index (Phi) is 41.5. The maximum absolute atomic E-state index is 9.44. The predicted molar refractivity (Wildman–Crippen MR) is 137 cm³/mol. The van der Waals surface area contributed by atoms with Gasteiger partial charge in [0.05, 0.1) is 17.2 Å². The number of methoxy groups -OCH3 is 1. The first-order valence-corrected chi connectivity index (χ1v) is 10.3. The molecule has 0 N–H and O–H groups in total. The number of ketones is 1. The Labute approximate surface area is 190 Å². The lowest BCUT2D eigenvalue weighted by molar-refractivity contribution is -0.114. The van der Waals surface area contributed by atoms with Crippen molar-refractivity contribution in [3.63, 3.8) is 0 Å². The Morgan fingerprint density at radius 3 is 1.10 bits per heavy atom. The van der Waals surface area contributed by atoms with Crippen LogP contribution < -0.4 is 0 Å². The van der Waals surface area contributed by atoms with Crippen molar-refractivity contribution < 1.29 is 14.4 Å².